The lowest BCUT2D eigenvalue weighted by molar-refractivity contribution is -0.121. The number of aromatic nitrogens is 2. The summed E-state index contributed by atoms with van der Waals surface area (Å²) in [4.78, 5) is 20.8. The standard InChI is InChI=1S/C20H17Cl2N3O/c21-17-6-1-7-18(22)16(17)8-9-19(26)25-13-15-5-3-11-24-20(15)14-4-2-10-23-12-14/h1-7,10-12H,8-9,13H2,(H,25,26). The number of benzene rings is 1. The Kier molecular flexibility index (Phi) is 6.21. The Bertz CT molecular complexity index is 880. The van der Waals surface area contributed by atoms with E-state index in [4.69, 9.17) is 23.2 Å². The highest BCUT2D eigenvalue weighted by Gasteiger charge is 2.10. The van der Waals surface area contributed by atoms with E-state index in [1.54, 1.807) is 36.8 Å². The van der Waals surface area contributed by atoms with Crippen LogP contribution in [0.1, 0.15) is 17.5 Å². The fraction of sp³-hybridized carbons (Fsp3) is 0.150. The third-order valence-corrected chi connectivity index (χ3v) is 4.67. The molecular formula is C20H17Cl2N3O. The van der Waals surface area contributed by atoms with Gasteiger partial charge in [-0.05, 0) is 47.9 Å². The fourth-order valence-electron chi connectivity index (χ4n) is 2.64. The van der Waals surface area contributed by atoms with Gasteiger partial charge in [0, 0.05) is 47.2 Å². The molecule has 4 nitrogen and oxygen atoms in total. The molecule has 1 aromatic carbocycles. The number of halogens is 2. The van der Waals surface area contributed by atoms with Crippen LogP contribution in [-0.2, 0) is 17.8 Å². The molecule has 0 fully saturated rings. The number of nitrogens with one attached hydrogen (secondary N) is 1. The van der Waals surface area contributed by atoms with Crippen LogP contribution in [-0.4, -0.2) is 15.9 Å². The van der Waals surface area contributed by atoms with Gasteiger partial charge in [0.25, 0.3) is 0 Å². The summed E-state index contributed by atoms with van der Waals surface area (Å²) < 4.78 is 0. The predicted molar refractivity (Wildman–Crippen MR) is 104 cm³/mol. The molecule has 0 unspecified atom stereocenters. The molecule has 0 aliphatic rings. The van der Waals surface area contributed by atoms with Crippen LogP contribution in [0.15, 0.2) is 61.1 Å². The highest BCUT2D eigenvalue weighted by molar-refractivity contribution is 6.36. The first-order valence-electron chi connectivity index (χ1n) is 8.19. The first-order valence-corrected chi connectivity index (χ1v) is 8.94. The summed E-state index contributed by atoms with van der Waals surface area (Å²) in [6.07, 6.45) is 6.01. The van der Waals surface area contributed by atoms with E-state index >= 15 is 0 Å². The molecule has 0 aliphatic carbocycles. The molecule has 3 aromatic rings. The summed E-state index contributed by atoms with van der Waals surface area (Å²) >= 11 is 12.3. The largest absolute Gasteiger partial charge is 0.352 e. The molecule has 1 amide bonds. The highest BCUT2D eigenvalue weighted by Crippen LogP contribution is 2.25. The minimum Gasteiger partial charge on any atom is -0.352 e. The molecule has 132 valence electrons. The number of amides is 1. The van der Waals surface area contributed by atoms with Gasteiger partial charge in [0.1, 0.15) is 0 Å². The van der Waals surface area contributed by atoms with Crippen molar-refractivity contribution < 1.29 is 4.79 Å². The molecule has 6 heteroatoms. The Morgan fingerprint density at radius 2 is 1.77 bits per heavy atom. The van der Waals surface area contributed by atoms with Gasteiger partial charge >= 0.3 is 0 Å². The molecule has 3 rings (SSSR count). The molecule has 2 aromatic heterocycles. The second-order valence-corrected chi connectivity index (χ2v) is 6.54. The monoisotopic (exact) mass is 385 g/mol. The van der Waals surface area contributed by atoms with Crippen molar-refractivity contribution in [2.75, 3.05) is 0 Å². The van der Waals surface area contributed by atoms with E-state index in [1.807, 2.05) is 24.3 Å². The Hall–Kier alpha value is -2.43. The van der Waals surface area contributed by atoms with Gasteiger partial charge in [0.15, 0.2) is 0 Å². The number of carbonyl (C=O) groups excluding carboxylic acids is 1. The Morgan fingerprint density at radius 3 is 2.50 bits per heavy atom. The Balaban J connectivity index is 1.62. The lowest BCUT2D eigenvalue weighted by Gasteiger charge is -2.10. The fourth-order valence-corrected chi connectivity index (χ4v) is 3.22. The van der Waals surface area contributed by atoms with E-state index in [2.05, 4.69) is 15.3 Å². The van der Waals surface area contributed by atoms with E-state index in [9.17, 15) is 4.79 Å². The van der Waals surface area contributed by atoms with Gasteiger partial charge in [-0.3, -0.25) is 14.8 Å². The zero-order valence-corrected chi connectivity index (χ0v) is 15.5. The third-order valence-electron chi connectivity index (χ3n) is 3.97. The predicted octanol–water partition coefficient (Wildman–Crippen LogP) is 4.70. The molecule has 26 heavy (non-hydrogen) atoms. The summed E-state index contributed by atoms with van der Waals surface area (Å²) in [5, 5.41) is 4.09. The number of rotatable bonds is 6. The van der Waals surface area contributed by atoms with E-state index in [0.29, 0.717) is 29.4 Å². The van der Waals surface area contributed by atoms with Gasteiger partial charge in [-0.1, -0.05) is 35.3 Å². The van der Waals surface area contributed by atoms with Crippen LogP contribution < -0.4 is 5.32 Å². The quantitative estimate of drug-likeness (QED) is 0.668. The molecule has 0 spiro atoms. The van der Waals surface area contributed by atoms with Crippen molar-refractivity contribution in [3.05, 3.63) is 82.2 Å². The summed E-state index contributed by atoms with van der Waals surface area (Å²) in [6, 6.07) is 12.9. The van der Waals surface area contributed by atoms with Gasteiger partial charge < -0.3 is 5.32 Å². The van der Waals surface area contributed by atoms with Crippen LogP contribution >= 0.6 is 23.2 Å². The van der Waals surface area contributed by atoms with Crippen molar-refractivity contribution >= 4 is 29.1 Å². The van der Waals surface area contributed by atoms with Crippen LogP contribution in [0.4, 0.5) is 0 Å². The van der Waals surface area contributed by atoms with Crippen molar-refractivity contribution in [3.8, 4) is 11.3 Å². The molecule has 0 atom stereocenters. The van der Waals surface area contributed by atoms with Crippen LogP contribution in [0, 0.1) is 0 Å². The zero-order valence-electron chi connectivity index (χ0n) is 14.0. The smallest absolute Gasteiger partial charge is 0.220 e. The summed E-state index contributed by atoms with van der Waals surface area (Å²) in [6.45, 7) is 0.396. The SMILES string of the molecule is O=C(CCc1c(Cl)cccc1Cl)NCc1cccnc1-c1cccnc1. The number of hydrogen-bond acceptors (Lipinski definition) is 3. The van der Waals surface area contributed by atoms with Crippen molar-refractivity contribution in [1.82, 2.24) is 15.3 Å². The lowest BCUT2D eigenvalue weighted by atomic mass is 10.1. The summed E-state index contributed by atoms with van der Waals surface area (Å²) in [5.74, 6) is -0.0676. The Morgan fingerprint density at radius 1 is 1.00 bits per heavy atom. The maximum Gasteiger partial charge on any atom is 0.220 e. The number of pyridine rings is 2. The molecular weight excluding hydrogens is 369 g/mol. The van der Waals surface area contributed by atoms with Crippen LogP contribution in [0.2, 0.25) is 10.0 Å². The van der Waals surface area contributed by atoms with Crippen LogP contribution in [0.5, 0.6) is 0 Å². The van der Waals surface area contributed by atoms with Crippen LogP contribution in [0.25, 0.3) is 11.3 Å². The topological polar surface area (TPSA) is 54.9 Å². The minimum atomic E-state index is -0.0676. The van der Waals surface area contributed by atoms with E-state index in [1.165, 1.54) is 0 Å². The maximum atomic E-state index is 12.2. The molecule has 0 bridgehead atoms. The average molecular weight is 386 g/mol. The molecule has 0 aliphatic heterocycles. The van der Waals surface area contributed by atoms with Gasteiger partial charge in [-0.2, -0.15) is 0 Å². The molecule has 1 N–H and O–H groups in total. The molecule has 0 saturated carbocycles. The number of hydrogen-bond donors (Lipinski definition) is 1. The van der Waals surface area contributed by atoms with Gasteiger partial charge in [-0.25, -0.2) is 0 Å². The summed E-state index contributed by atoms with van der Waals surface area (Å²) in [5.41, 5.74) is 3.46. The Labute approximate surface area is 162 Å². The second kappa shape index (κ2) is 8.79. The van der Waals surface area contributed by atoms with Gasteiger partial charge in [0.05, 0.1) is 5.69 Å². The second-order valence-electron chi connectivity index (χ2n) is 5.73. The minimum absolute atomic E-state index is 0.0676. The van der Waals surface area contributed by atoms with E-state index in [0.717, 1.165) is 22.4 Å². The first kappa shape index (κ1) is 18.4. The molecule has 0 radical (unpaired) electrons. The van der Waals surface area contributed by atoms with Gasteiger partial charge in [-0.15, -0.1) is 0 Å². The molecule has 2 heterocycles. The molecule has 0 saturated heterocycles. The zero-order chi connectivity index (χ0) is 18.4. The van der Waals surface area contributed by atoms with Gasteiger partial charge in [0.2, 0.25) is 5.91 Å². The maximum absolute atomic E-state index is 12.2. The average Bonchev–Trinajstić information content (AvgIpc) is 2.67. The number of nitrogens with zero attached hydrogens (tertiary/aromatic N) is 2. The van der Waals surface area contributed by atoms with Crippen LogP contribution in [0.3, 0.4) is 0 Å². The first-order chi connectivity index (χ1) is 12.6. The highest BCUT2D eigenvalue weighted by atomic mass is 35.5. The van der Waals surface area contributed by atoms with E-state index < -0.39 is 0 Å². The van der Waals surface area contributed by atoms with Crippen molar-refractivity contribution in [1.29, 1.82) is 0 Å². The van der Waals surface area contributed by atoms with Crippen molar-refractivity contribution in [3.63, 3.8) is 0 Å². The van der Waals surface area contributed by atoms with Crippen molar-refractivity contribution in [2.45, 2.75) is 19.4 Å². The normalized spacial score (nSPS) is 10.5. The third kappa shape index (κ3) is 4.59. The van der Waals surface area contributed by atoms with E-state index in [-0.39, 0.29) is 5.91 Å². The number of carbonyl (C=O) groups is 1. The summed E-state index contributed by atoms with van der Waals surface area (Å²) in [7, 11) is 0. The van der Waals surface area contributed by atoms with Crippen molar-refractivity contribution in [2.24, 2.45) is 0 Å². The lowest BCUT2D eigenvalue weighted by Crippen LogP contribution is -2.23.